The van der Waals surface area contributed by atoms with Crippen LogP contribution in [0.25, 0.3) is 11.0 Å². The number of benzene rings is 1. The number of nitrogens with two attached hydrogens (primary N) is 1. The number of fused-ring (bicyclic) bond motifs is 1. The normalized spacial score (nSPS) is 10.8. The van der Waals surface area contributed by atoms with Crippen LogP contribution in [0.3, 0.4) is 0 Å². The maximum absolute atomic E-state index is 5.65. The van der Waals surface area contributed by atoms with Crippen molar-refractivity contribution in [2.75, 3.05) is 12.8 Å². The average Bonchev–Trinajstić information content (AvgIpc) is 2.79. The molecule has 19 heavy (non-hydrogen) atoms. The predicted molar refractivity (Wildman–Crippen MR) is 75.4 cm³/mol. The van der Waals surface area contributed by atoms with Crippen molar-refractivity contribution in [1.82, 2.24) is 15.0 Å². The van der Waals surface area contributed by atoms with Gasteiger partial charge >= 0.3 is 0 Å². The van der Waals surface area contributed by atoms with E-state index in [1.807, 2.05) is 30.3 Å². The van der Waals surface area contributed by atoms with Crippen molar-refractivity contribution in [3.8, 4) is 5.75 Å². The SMILES string of the molecule is COc1ccc2nc(Sc3cccc(N)n3)[nH]c2c1. The van der Waals surface area contributed by atoms with E-state index >= 15 is 0 Å². The summed E-state index contributed by atoms with van der Waals surface area (Å²) in [5.74, 6) is 1.30. The number of nitrogen functional groups attached to an aromatic ring is 1. The first-order valence-corrected chi connectivity index (χ1v) is 6.50. The highest BCUT2D eigenvalue weighted by atomic mass is 32.2. The standard InChI is InChI=1S/C13H12N4OS/c1-18-8-5-6-9-10(7-8)16-13(15-9)19-12-4-2-3-11(14)17-12/h2-7H,1H3,(H2,14,17)(H,15,16). The highest BCUT2D eigenvalue weighted by Crippen LogP contribution is 2.27. The molecule has 0 unspecified atom stereocenters. The zero-order chi connectivity index (χ0) is 13.2. The van der Waals surface area contributed by atoms with Crippen molar-refractivity contribution >= 4 is 28.6 Å². The molecule has 0 fully saturated rings. The van der Waals surface area contributed by atoms with Crippen molar-refractivity contribution in [2.24, 2.45) is 0 Å². The molecule has 0 bridgehead atoms. The molecule has 3 rings (SSSR count). The van der Waals surface area contributed by atoms with Crippen molar-refractivity contribution in [3.05, 3.63) is 36.4 Å². The van der Waals surface area contributed by atoms with Gasteiger partial charge in [-0.25, -0.2) is 9.97 Å². The van der Waals surface area contributed by atoms with Gasteiger partial charge in [0.25, 0.3) is 0 Å². The predicted octanol–water partition coefficient (Wildman–Crippen LogP) is 2.70. The Morgan fingerprint density at radius 2 is 2.11 bits per heavy atom. The Labute approximate surface area is 114 Å². The number of aromatic amines is 1. The summed E-state index contributed by atoms with van der Waals surface area (Å²) in [6.45, 7) is 0. The molecule has 2 heterocycles. The number of rotatable bonds is 3. The monoisotopic (exact) mass is 272 g/mol. The summed E-state index contributed by atoms with van der Waals surface area (Å²) in [5.41, 5.74) is 7.49. The largest absolute Gasteiger partial charge is 0.497 e. The third-order valence-corrected chi connectivity index (χ3v) is 3.44. The maximum Gasteiger partial charge on any atom is 0.172 e. The van der Waals surface area contributed by atoms with E-state index in [4.69, 9.17) is 10.5 Å². The van der Waals surface area contributed by atoms with Crippen LogP contribution in [0.5, 0.6) is 5.75 Å². The fraction of sp³-hybridized carbons (Fsp3) is 0.0769. The smallest absolute Gasteiger partial charge is 0.172 e. The first kappa shape index (κ1) is 11.9. The van der Waals surface area contributed by atoms with Crippen LogP contribution >= 0.6 is 11.8 Å². The first-order chi connectivity index (χ1) is 9.24. The lowest BCUT2D eigenvalue weighted by atomic mass is 10.3. The van der Waals surface area contributed by atoms with E-state index in [9.17, 15) is 0 Å². The Balaban J connectivity index is 1.93. The number of imidazole rings is 1. The number of ether oxygens (including phenoxy) is 1. The van der Waals surface area contributed by atoms with Crippen LogP contribution < -0.4 is 10.5 Å². The van der Waals surface area contributed by atoms with Crippen molar-refractivity contribution in [1.29, 1.82) is 0 Å². The third kappa shape index (κ3) is 2.48. The zero-order valence-electron chi connectivity index (χ0n) is 10.3. The molecule has 0 saturated heterocycles. The van der Waals surface area contributed by atoms with E-state index in [1.165, 1.54) is 11.8 Å². The van der Waals surface area contributed by atoms with Gasteiger partial charge in [-0.05, 0) is 36.0 Å². The number of anilines is 1. The third-order valence-electron chi connectivity index (χ3n) is 2.61. The van der Waals surface area contributed by atoms with Crippen LogP contribution in [0.1, 0.15) is 0 Å². The molecule has 5 nitrogen and oxygen atoms in total. The highest BCUT2D eigenvalue weighted by Gasteiger charge is 2.06. The average molecular weight is 272 g/mol. The van der Waals surface area contributed by atoms with Crippen LogP contribution in [0, 0.1) is 0 Å². The Bertz CT molecular complexity index is 725. The molecular weight excluding hydrogens is 260 g/mol. The number of pyridine rings is 1. The van der Waals surface area contributed by atoms with Crippen LogP contribution in [0.15, 0.2) is 46.6 Å². The quantitative estimate of drug-likeness (QED) is 0.766. The lowest BCUT2D eigenvalue weighted by molar-refractivity contribution is 0.415. The molecule has 0 atom stereocenters. The molecule has 0 amide bonds. The molecule has 0 saturated carbocycles. The molecule has 96 valence electrons. The summed E-state index contributed by atoms with van der Waals surface area (Å²) in [6.07, 6.45) is 0. The minimum Gasteiger partial charge on any atom is -0.497 e. The van der Waals surface area contributed by atoms with Gasteiger partial charge in [0.2, 0.25) is 0 Å². The van der Waals surface area contributed by atoms with E-state index in [-0.39, 0.29) is 0 Å². The number of hydrogen-bond donors (Lipinski definition) is 2. The van der Waals surface area contributed by atoms with Crippen LogP contribution in [-0.4, -0.2) is 22.1 Å². The van der Waals surface area contributed by atoms with Crippen LogP contribution in [0.4, 0.5) is 5.82 Å². The minimum absolute atomic E-state index is 0.503. The number of nitrogens with zero attached hydrogens (tertiary/aromatic N) is 2. The second-order valence-corrected chi connectivity index (χ2v) is 4.94. The topological polar surface area (TPSA) is 76.8 Å². The minimum atomic E-state index is 0.503. The summed E-state index contributed by atoms with van der Waals surface area (Å²) in [7, 11) is 1.64. The van der Waals surface area contributed by atoms with E-state index < -0.39 is 0 Å². The molecule has 1 aromatic carbocycles. The lowest BCUT2D eigenvalue weighted by Crippen LogP contribution is -1.90. The fourth-order valence-electron chi connectivity index (χ4n) is 1.73. The van der Waals surface area contributed by atoms with Gasteiger partial charge in [0.1, 0.15) is 16.6 Å². The lowest BCUT2D eigenvalue weighted by Gasteiger charge is -1.97. The fourth-order valence-corrected chi connectivity index (χ4v) is 2.53. The molecular formula is C13H12N4OS. The van der Waals surface area contributed by atoms with Crippen molar-refractivity contribution < 1.29 is 4.74 Å². The molecule has 6 heteroatoms. The summed E-state index contributed by atoms with van der Waals surface area (Å²) in [6, 6.07) is 11.2. The van der Waals surface area contributed by atoms with Crippen LogP contribution in [-0.2, 0) is 0 Å². The number of methoxy groups -OCH3 is 1. The van der Waals surface area contributed by atoms with E-state index in [1.54, 1.807) is 13.2 Å². The van der Waals surface area contributed by atoms with Crippen molar-refractivity contribution in [2.45, 2.75) is 10.2 Å². The highest BCUT2D eigenvalue weighted by molar-refractivity contribution is 7.99. The van der Waals surface area contributed by atoms with E-state index in [0.717, 1.165) is 27.0 Å². The summed E-state index contributed by atoms with van der Waals surface area (Å²) < 4.78 is 5.18. The van der Waals surface area contributed by atoms with E-state index in [0.29, 0.717) is 5.82 Å². The molecule has 2 aromatic heterocycles. The number of H-pyrrole nitrogens is 1. The van der Waals surface area contributed by atoms with Crippen LogP contribution in [0.2, 0.25) is 0 Å². The molecule has 0 radical (unpaired) electrons. The Morgan fingerprint density at radius 3 is 2.89 bits per heavy atom. The van der Waals surface area contributed by atoms with Gasteiger partial charge < -0.3 is 15.5 Å². The van der Waals surface area contributed by atoms with Gasteiger partial charge in [-0.3, -0.25) is 0 Å². The molecule has 0 aliphatic carbocycles. The Kier molecular flexibility index (Phi) is 3.00. The molecule has 0 aliphatic rings. The van der Waals surface area contributed by atoms with Gasteiger partial charge in [-0.2, -0.15) is 0 Å². The summed E-state index contributed by atoms with van der Waals surface area (Å²) in [5, 5.41) is 1.59. The Hall–Kier alpha value is -2.21. The summed E-state index contributed by atoms with van der Waals surface area (Å²) >= 11 is 1.44. The summed E-state index contributed by atoms with van der Waals surface area (Å²) in [4.78, 5) is 11.9. The first-order valence-electron chi connectivity index (χ1n) is 5.69. The molecule has 0 aliphatic heterocycles. The second kappa shape index (κ2) is 4.81. The van der Waals surface area contributed by atoms with Crippen molar-refractivity contribution in [3.63, 3.8) is 0 Å². The molecule has 0 spiro atoms. The van der Waals surface area contributed by atoms with Gasteiger partial charge in [-0.1, -0.05) is 6.07 Å². The van der Waals surface area contributed by atoms with Gasteiger partial charge in [0.05, 0.1) is 18.1 Å². The zero-order valence-corrected chi connectivity index (χ0v) is 11.1. The molecule has 3 aromatic rings. The molecule has 3 N–H and O–H groups in total. The van der Waals surface area contributed by atoms with Gasteiger partial charge in [-0.15, -0.1) is 0 Å². The Morgan fingerprint density at radius 1 is 1.21 bits per heavy atom. The second-order valence-electron chi connectivity index (χ2n) is 3.93. The number of aromatic nitrogens is 3. The number of nitrogens with one attached hydrogen (secondary N) is 1. The van der Waals surface area contributed by atoms with E-state index in [2.05, 4.69) is 15.0 Å². The van der Waals surface area contributed by atoms with Gasteiger partial charge in [0.15, 0.2) is 5.16 Å². The number of hydrogen-bond acceptors (Lipinski definition) is 5. The maximum atomic E-state index is 5.65. The van der Waals surface area contributed by atoms with Gasteiger partial charge in [0, 0.05) is 6.07 Å².